The van der Waals surface area contributed by atoms with Crippen LogP contribution in [0.1, 0.15) is 30.9 Å². The fourth-order valence-electron chi connectivity index (χ4n) is 3.64. The Balaban J connectivity index is 1.55. The van der Waals surface area contributed by atoms with Crippen molar-refractivity contribution in [2.75, 3.05) is 26.7 Å². The SMILES string of the molecule is CCN1CCC[C@@H]1CNCc1ccc(OCc2ccccc2Cl)c(OC)c1. The molecule has 0 radical (unpaired) electrons. The van der Waals surface area contributed by atoms with Crippen LogP contribution in [0, 0.1) is 0 Å². The summed E-state index contributed by atoms with van der Waals surface area (Å²) in [6.07, 6.45) is 2.60. The Kier molecular flexibility index (Phi) is 7.39. The van der Waals surface area contributed by atoms with Gasteiger partial charge in [0.2, 0.25) is 0 Å². The first-order valence-electron chi connectivity index (χ1n) is 9.69. The number of rotatable bonds is 9. The van der Waals surface area contributed by atoms with E-state index in [4.69, 9.17) is 21.1 Å². The second kappa shape index (κ2) is 9.98. The Morgan fingerprint density at radius 2 is 2.04 bits per heavy atom. The quantitative estimate of drug-likeness (QED) is 0.685. The molecule has 0 unspecified atom stereocenters. The van der Waals surface area contributed by atoms with Crippen molar-refractivity contribution in [3.8, 4) is 11.5 Å². The highest BCUT2D eigenvalue weighted by molar-refractivity contribution is 6.31. The molecule has 1 aliphatic heterocycles. The Bertz CT molecular complexity index is 738. The third kappa shape index (κ3) is 5.38. The molecule has 4 nitrogen and oxygen atoms in total. The van der Waals surface area contributed by atoms with Gasteiger partial charge in [0.15, 0.2) is 11.5 Å². The first-order valence-corrected chi connectivity index (χ1v) is 10.1. The van der Waals surface area contributed by atoms with Crippen LogP contribution >= 0.6 is 11.6 Å². The maximum atomic E-state index is 6.20. The summed E-state index contributed by atoms with van der Waals surface area (Å²) in [5.74, 6) is 1.48. The zero-order valence-electron chi connectivity index (χ0n) is 16.2. The molecule has 146 valence electrons. The van der Waals surface area contributed by atoms with E-state index in [0.717, 1.165) is 36.7 Å². The van der Waals surface area contributed by atoms with E-state index in [-0.39, 0.29) is 0 Å². The Labute approximate surface area is 167 Å². The molecule has 0 aromatic heterocycles. The van der Waals surface area contributed by atoms with Crippen molar-refractivity contribution in [1.29, 1.82) is 0 Å². The molecule has 1 fully saturated rings. The monoisotopic (exact) mass is 388 g/mol. The summed E-state index contributed by atoms with van der Waals surface area (Å²) in [6.45, 7) is 6.88. The molecule has 0 aliphatic carbocycles. The van der Waals surface area contributed by atoms with E-state index in [1.54, 1.807) is 7.11 Å². The van der Waals surface area contributed by atoms with Gasteiger partial charge in [0.05, 0.1) is 7.11 Å². The lowest BCUT2D eigenvalue weighted by atomic mass is 10.1. The molecule has 0 saturated carbocycles. The zero-order valence-corrected chi connectivity index (χ0v) is 17.0. The van der Waals surface area contributed by atoms with Gasteiger partial charge >= 0.3 is 0 Å². The average molecular weight is 389 g/mol. The number of methoxy groups -OCH3 is 1. The molecule has 2 aromatic rings. The number of ether oxygens (including phenoxy) is 2. The minimum atomic E-state index is 0.419. The lowest BCUT2D eigenvalue weighted by molar-refractivity contribution is 0.260. The topological polar surface area (TPSA) is 33.7 Å². The first-order chi connectivity index (χ1) is 13.2. The van der Waals surface area contributed by atoms with E-state index in [2.05, 4.69) is 23.2 Å². The van der Waals surface area contributed by atoms with Crippen molar-refractivity contribution in [2.45, 2.75) is 39.0 Å². The van der Waals surface area contributed by atoms with E-state index >= 15 is 0 Å². The minimum Gasteiger partial charge on any atom is -0.493 e. The summed E-state index contributed by atoms with van der Waals surface area (Å²) in [6, 6.07) is 14.5. The fourth-order valence-corrected chi connectivity index (χ4v) is 3.83. The highest BCUT2D eigenvalue weighted by atomic mass is 35.5. The molecule has 1 heterocycles. The summed E-state index contributed by atoms with van der Waals surface area (Å²) in [7, 11) is 1.67. The largest absolute Gasteiger partial charge is 0.493 e. The number of halogens is 1. The van der Waals surface area contributed by atoms with Gasteiger partial charge in [-0.2, -0.15) is 0 Å². The van der Waals surface area contributed by atoms with Crippen molar-refractivity contribution in [2.24, 2.45) is 0 Å². The van der Waals surface area contributed by atoms with Gasteiger partial charge in [-0.1, -0.05) is 42.8 Å². The van der Waals surface area contributed by atoms with E-state index in [9.17, 15) is 0 Å². The highest BCUT2D eigenvalue weighted by Crippen LogP contribution is 2.29. The maximum absolute atomic E-state index is 6.20. The van der Waals surface area contributed by atoms with Crippen molar-refractivity contribution in [1.82, 2.24) is 10.2 Å². The normalized spacial score (nSPS) is 17.2. The Hall–Kier alpha value is -1.75. The number of nitrogens with one attached hydrogen (secondary N) is 1. The third-order valence-corrected chi connectivity index (χ3v) is 5.55. The van der Waals surface area contributed by atoms with Gasteiger partial charge in [-0.15, -0.1) is 0 Å². The molecular weight excluding hydrogens is 360 g/mol. The summed E-state index contributed by atoms with van der Waals surface area (Å²) in [5.41, 5.74) is 2.15. The van der Waals surface area contributed by atoms with E-state index < -0.39 is 0 Å². The van der Waals surface area contributed by atoms with Gasteiger partial charge < -0.3 is 14.8 Å². The van der Waals surface area contributed by atoms with E-state index in [0.29, 0.717) is 17.7 Å². The van der Waals surface area contributed by atoms with Crippen LogP contribution in [0.5, 0.6) is 11.5 Å². The Morgan fingerprint density at radius 1 is 1.19 bits per heavy atom. The number of nitrogens with zero attached hydrogens (tertiary/aromatic N) is 1. The van der Waals surface area contributed by atoms with Gasteiger partial charge in [0.1, 0.15) is 6.61 Å². The van der Waals surface area contributed by atoms with Crippen LogP contribution in [-0.4, -0.2) is 37.7 Å². The molecule has 0 bridgehead atoms. The van der Waals surface area contributed by atoms with Crippen LogP contribution in [0.15, 0.2) is 42.5 Å². The van der Waals surface area contributed by atoms with Crippen molar-refractivity contribution in [3.05, 3.63) is 58.6 Å². The van der Waals surface area contributed by atoms with Gasteiger partial charge in [-0.3, -0.25) is 4.90 Å². The predicted octanol–water partition coefficient (Wildman–Crippen LogP) is 4.50. The molecular formula is C22H29ClN2O2. The third-order valence-electron chi connectivity index (χ3n) is 5.18. The predicted molar refractivity (Wildman–Crippen MR) is 111 cm³/mol. The molecule has 1 N–H and O–H groups in total. The lowest BCUT2D eigenvalue weighted by Crippen LogP contribution is -2.37. The van der Waals surface area contributed by atoms with Gasteiger partial charge in [0, 0.05) is 29.7 Å². The second-order valence-electron chi connectivity index (χ2n) is 6.92. The number of benzene rings is 2. The number of hydrogen-bond donors (Lipinski definition) is 1. The van der Waals surface area contributed by atoms with E-state index in [1.807, 2.05) is 36.4 Å². The minimum absolute atomic E-state index is 0.419. The van der Waals surface area contributed by atoms with E-state index in [1.165, 1.54) is 24.9 Å². The molecule has 5 heteroatoms. The summed E-state index contributed by atoms with van der Waals surface area (Å²) < 4.78 is 11.5. The molecule has 1 saturated heterocycles. The molecule has 0 amide bonds. The summed E-state index contributed by atoms with van der Waals surface area (Å²) in [5, 5.41) is 4.30. The second-order valence-corrected chi connectivity index (χ2v) is 7.33. The van der Waals surface area contributed by atoms with Crippen LogP contribution in [0.3, 0.4) is 0 Å². The average Bonchev–Trinajstić information content (AvgIpc) is 3.15. The lowest BCUT2D eigenvalue weighted by Gasteiger charge is -2.23. The van der Waals surface area contributed by atoms with Crippen LogP contribution in [-0.2, 0) is 13.2 Å². The highest BCUT2D eigenvalue weighted by Gasteiger charge is 2.22. The molecule has 1 aliphatic rings. The molecule has 27 heavy (non-hydrogen) atoms. The van der Waals surface area contributed by atoms with Crippen molar-refractivity contribution in [3.63, 3.8) is 0 Å². The van der Waals surface area contributed by atoms with Crippen LogP contribution in [0.4, 0.5) is 0 Å². The van der Waals surface area contributed by atoms with Crippen LogP contribution in [0.25, 0.3) is 0 Å². The standard InChI is InChI=1S/C22H29ClN2O2/c1-3-25-12-6-8-19(25)15-24-14-17-10-11-21(22(13-17)26-2)27-16-18-7-4-5-9-20(18)23/h4-5,7,9-11,13,19,24H,3,6,8,12,14-16H2,1-2H3/t19-/m1/s1. The zero-order chi connectivity index (χ0) is 19.1. The van der Waals surface area contributed by atoms with Crippen LogP contribution in [0.2, 0.25) is 5.02 Å². The molecule has 2 aromatic carbocycles. The Morgan fingerprint density at radius 3 is 2.81 bits per heavy atom. The summed E-state index contributed by atoms with van der Waals surface area (Å²) in [4.78, 5) is 2.55. The maximum Gasteiger partial charge on any atom is 0.161 e. The fraction of sp³-hybridized carbons (Fsp3) is 0.455. The van der Waals surface area contributed by atoms with Crippen molar-refractivity contribution >= 4 is 11.6 Å². The first kappa shape index (κ1) is 20.0. The van der Waals surface area contributed by atoms with Crippen molar-refractivity contribution < 1.29 is 9.47 Å². The van der Waals surface area contributed by atoms with Gasteiger partial charge in [0.25, 0.3) is 0 Å². The number of likely N-dealkylation sites (N-methyl/N-ethyl adjacent to an activating group) is 1. The van der Waals surface area contributed by atoms with Gasteiger partial charge in [-0.05, 0) is 49.7 Å². The molecule has 3 rings (SSSR count). The number of hydrogen-bond acceptors (Lipinski definition) is 4. The van der Waals surface area contributed by atoms with Crippen LogP contribution < -0.4 is 14.8 Å². The number of likely N-dealkylation sites (tertiary alicyclic amines) is 1. The molecule has 1 atom stereocenters. The molecule has 0 spiro atoms. The van der Waals surface area contributed by atoms with Gasteiger partial charge in [-0.25, -0.2) is 0 Å². The summed E-state index contributed by atoms with van der Waals surface area (Å²) >= 11 is 6.20. The smallest absolute Gasteiger partial charge is 0.161 e.